The molecule has 1 amide bonds. The van der Waals surface area contributed by atoms with Gasteiger partial charge in [-0.2, -0.15) is 0 Å². The van der Waals surface area contributed by atoms with Crippen LogP contribution in [-0.2, 0) is 11.3 Å². The van der Waals surface area contributed by atoms with E-state index in [0.29, 0.717) is 34.3 Å². The molecule has 1 aliphatic rings. The third kappa shape index (κ3) is 4.35. The van der Waals surface area contributed by atoms with Gasteiger partial charge in [0.25, 0.3) is 0 Å². The minimum atomic E-state index is -0.651. The van der Waals surface area contributed by atoms with Gasteiger partial charge >= 0.3 is 6.09 Å². The van der Waals surface area contributed by atoms with Crippen molar-refractivity contribution in [3.8, 4) is 11.3 Å². The van der Waals surface area contributed by atoms with Crippen molar-refractivity contribution in [3.63, 3.8) is 0 Å². The normalized spacial score (nSPS) is 13.6. The Bertz CT molecular complexity index is 1130. The fraction of sp³-hybridized carbons (Fsp3) is 0.273. The number of aromatic amines is 1. The molecule has 31 heavy (non-hydrogen) atoms. The molecule has 1 aliphatic heterocycles. The number of ketones is 1. The first-order valence-corrected chi connectivity index (χ1v) is 9.87. The number of nitrogens with zero attached hydrogens (tertiary/aromatic N) is 3. The summed E-state index contributed by atoms with van der Waals surface area (Å²) in [7, 11) is 0. The molecular formula is C22H24N6O3. The van der Waals surface area contributed by atoms with Gasteiger partial charge in [-0.1, -0.05) is 6.07 Å². The minimum Gasteiger partial charge on any atom is -0.444 e. The fourth-order valence-corrected chi connectivity index (χ4v) is 3.44. The number of rotatable bonds is 3. The summed E-state index contributed by atoms with van der Waals surface area (Å²) in [4.78, 5) is 38.7. The van der Waals surface area contributed by atoms with Gasteiger partial charge in [0.1, 0.15) is 17.2 Å². The highest BCUT2D eigenvalue weighted by atomic mass is 16.6. The van der Waals surface area contributed by atoms with Crippen LogP contribution >= 0.6 is 0 Å². The van der Waals surface area contributed by atoms with Crippen LogP contribution in [0, 0.1) is 0 Å². The second-order valence-corrected chi connectivity index (χ2v) is 8.30. The Balaban J connectivity index is 1.76. The number of anilines is 3. The molecule has 0 fully saturated rings. The Hall–Kier alpha value is -3.88. The number of ether oxygens (including phenoxy) is 1. The highest BCUT2D eigenvalue weighted by Crippen LogP contribution is 2.38. The standard InChI is InChI=1S/C22H24N6O3/c1-22(2,3)31-21(30)28-11-14-18(15(29)12-28)20(27-17-6-4-5-8-25-17)19(26-14)13-7-9-24-16(23)10-13/h4-10,26H,11-12H2,1-3H3,(H2,23,24)(H,25,27). The van der Waals surface area contributed by atoms with E-state index in [9.17, 15) is 9.59 Å². The Labute approximate surface area is 179 Å². The Morgan fingerprint density at radius 2 is 2.00 bits per heavy atom. The lowest BCUT2D eigenvalue weighted by Crippen LogP contribution is -2.42. The monoisotopic (exact) mass is 420 g/mol. The molecule has 0 saturated carbocycles. The number of nitrogens with one attached hydrogen (secondary N) is 2. The highest BCUT2D eigenvalue weighted by Gasteiger charge is 2.34. The van der Waals surface area contributed by atoms with Crippen LogP contribution in [0.5, 0.6) is 0 Å². The van der Waals surface area contributed by atoms with Gasteiger partial charge < -0.3 is 20.8 Å². The van der Waals surface area contributed by atoms with E-state index < -0.39 is 11.7 Å². The molecule has 0 radical (unpaired) electrons. The lowest BCUT2D eigenvalue weighted by atomic mass is 10.0. The summed E-state index contributed by atoms with van der Waals surface area (Å²) in [6.07, 6.45) is 2.73. The summed E-state index contributed by atoms with van der Waals surface area (Å²) >= 11 is 0. The minimum absolute atomic E-state index is 0.0748. The molecule has 0 unspecified atom stereocenters. The summed E-state index contributed by atoms with van der Waals surface area (Å²) in [5.74, 6) is 0.751. The Morgan fingerprint density at radius 3 is 2.68 bits per heavy atom. The summed E-state index contributed by atoms with van der Waals surface area (Å²) in [5.41, 5.74) is 8.36. The number of fused-ring (bicyclic) bond motifs is 1. The van der Waals surface area contributed by atoms with E-state index in [1.165, 1.54) is 4.90 Å². The van der Waals surface area contributed by atoms with Crippen LogP contribution in [0.15, 0.2) is 42.7 Å². The van der Waals surface area contributed by atoms with Gasteiger partial charge in [-0.05, 0) is 45.0 Å². The zero-order valence-electron chi connectivity index (χ0n) is 17.6. The molecular weight excluding hydrogens is 396 g/mol. The van der Waals surface area contributed by atoms with E-state index >= 15 is 0 Å². The predicted molar refractivity (Wildman–Crippen MR) is 117 cm³/mol. The molecule has 0 aromatic carbocycles. The predicted octanol–water partition coefficient (Wildman–Crippen LogP) is 3.73. The van der Waals surface area contributed by atoms with Gasteiger partial charge in [-0.15, -0.1) is 0 Å². The van der Waals surface area contributed by atoms with E-state index in [1.807, 2.05) is 18.2 Å². The summed E-state index contributed by atoms with van der Waals surface area (Å²) in [6, 6.07) is 8.99. The third-order valence-electron chi connectivity index (χ3n) is 4.68. The van der Waals surface area contributed by atoms with E-state index in [4.69, 9.17) is 10.5 Å². The average molecular weight is 420 g/mol. The molecule has 9 heteroatoms. The van der Waals surface area contributed by atoms with E-state index in [0.717, 1.165) is 5.56 Å². The molecule has 0 saturated heterocycles. The SMILES string of the molecule is CC(C)(C)OC(=O)N1CC(=O)c2c([nH]c(-c3ccnc(N)c3)c2Nc2ccccn2)C1. The number of pyridine rings is 2. The van der Waals surface area contributed by atoms with Crippen LogP contribution in [-0.4, -0.2) is 43.9 Å². The molecule has 3 aromatic heterocycles. The van der Waals surface area contributed by atoms with Crippen molar-refractivity contribution in [2.75, 3.05) is 17.6 Å². The van der Waals surface area contributed by atoms with Crippen molar-refractivity contribution in [1.29, 1.82) is 0 Å². The Kier molecular flexibility index (Phi) is 5.10. The van der Waals surface area contributed by atoms with E-state index in [-0.39, 0.29) is 18.9 Å². The van der Waals surface area contributed by atoms with Gasteiger partial charge in [0.15, 0.2) is 5.78 Å². The van der Waals surface area contributed by atoms with Crippen LogP contribution in [0.4, 0.5) is 22.1 Å². The van der Waals surface area contributed by atoms with Crippen molar-refractivity contribution in [2.24, 2.45) is 0 Å². The fourth-order valence-electron chi connectivity index (χ4n) is 3.44. The number of amides is 1. The van der Waals surface area contributed by atoms with Crippen LogP contribution in [0.2, 0.25) is 0 Å². The van der Waals surface area contributed by atoms with E-state index in [2.05, 4.69) is 20.3 Å². The number of Topliss-reactive ketones (excluding diaryl/α,β-unsaturated/α-hetero) is 1. The van der Waals surface area contributed by atoms with Crippen molar-refractivity contribution >= 4 is 29.2 Å². The number of H-pyrrole nitrogens is 1. The second-order valence-electron chi connectivity index (χ2n) is 8.30. The number of aromatic nitrogens is 3. The number of nitrogens with two attached hydrogens (primary N) is 1. The molecule has 4 rings (SSSR count). The summed E-state index contributed by atoms with van der Waals surface area (Å²) in [6.45, 7) is 5.51. The van der Waals surface area contributed by atoms with Crippen LogP contribution in [0.3, 0.4) is 0 Å². The molecule has 0 bridgehead atoms. The maximum Gasteiger partial charge on any atom is 0.411 e. The van der Waals surface area contributed by atoms with Gasteiger partial charge in [0.05, 0.1) is 30.0 Å². The van der Waals surface area contributed by atoms with Gasteiger partial charge in [-0.25, -0.2) is 14.8 Å². The largest absolute Gasteiger partial charge is 0.444 e. The first-order chi connectivity index (χ1) is 14.7. The molecule has 4 N–H and O–H groups in total. The van der Waals surface area contributed by atoms with Crippen molar-refractivity contribution < 1.29 is 14.3 Å². The molecule has 3 aromatic rings. The van der Waals surface area contributed by atoms with Crippen molar-refractivity contribution in [3.05, 3.63) is 54.0 Å². The lowest BCUT2D eigenvalue weighted by Gasteiger charge is -2.29. The molecule has 160 valence electrons. The van der Waals surface area contributed by atoms with Gasteiger partial charge in [-0.3, -0.25) is 9.69 Å². The first-order valence-electron chi connectivity index (χ1n) is 9.87. The maximum atomic E-state index is 13.1. The van der Waals surface area contributed by atoms with Crippen LogP contribution in [0.1, 0.15) is 36.8 Å². The maximum absolute atomic E-state index is 13.1. The third-order valence-corrected chi connectivity index (χ3v) is 4.68. The average Bonchev–Trinajstić information content (AvgIpc) is 3.06. The molecule has 9 nitrogen and oxygen atoms in total. The number of hydrogen-bond donors (Lipinski definition) is 3. The second kappa shape index (κ2) is 7.75. The van der Waals surface area contributed by atoms with Crippen molar-refractivity contribution in [1.82, 2.24) is 19.9 Å². The van der Waals surface area contributed by atoms with Crippen molar-refractivity contribution in [2.45, 2.75) is 32.9 Å². The topological polar surface area (TPSA) is 126 Å². The number of nitrogen functional groups attached to an aromatic ring is 1. The highest BCUT2D eigenvalue weighted by molar-refractivity contribution is 6.09. The molecule has 0 atom stereocenters. The van der Waals surface area contributed by atoms with E-state index in [1.54, 1.807) is 45.3 Å². The quantitative estimate of drug-likeness (QED) is 0.589. The number of carbonyl (C=O) groups is 2. The Morgan fingerprint density at radius 1 is 1.19 bits per heavy atom. The molecule has 0 aliphatic carbocycles. The van der Waals surface area contributed by atoms with Gasteiger partial charge in [0, 0.05) is 23.7 Å². The number of carbonyl (C=O) groups excluding carboxylic acids is 2. The zero-order chi connectivity index (χ0) is 22.2. The molecule has 4 heterocycles. The zero-order valence-corrected chi connectivity index (χ0v) is 17.6. The van der Waals surface area contributed by atoms with Crippen LogP contribution in [0.25, 0.3) is 11.3 Å². The molecule has 0 spiro atoms. The summed E-state index contributed by atoms with van der Waals surface area (Å²) in [5, 5.41) is 3.25. The van der Waals surface area contributed by atoms with Gasteiger partial charge in [0.2, 0.25) is 0 Å². The smallest absolute Gasteiger partial charge is 0.411 e. The summed E-state index contributed by atoms with van der Waals surface area (Å²) < 4.78 is 5.44. The first kappa shape index (κ1) is 20.4. The number of hydrogen-bond acceptors (Lipinski definition) is 7. The van der Waals surface area contributed by atoms with Crippen LogP contribution < -0.4 is 11.1 Å². The lowest BCUT2D eigenvalue weighted by molar-refractivity contribution is 0.0218.